The van der Waals surface area contributed by atoms with Gasteiger partial charge in [0, 0.05) is 5.38 Å². The molecule has 0 aromatic carbocycles. The van der Waals surface area contributed by atoms with E-state index in [0.29, 0.717) is 5.69 Å². The molecule has 0 aliphatic carbocycles. The Morgan fingerprint density at radius 1 is 1.60 bits per heavy atom. The summed E-state index contributed by atoms with van der Waals surface area (Å²) in [5, 5.41) is 3.73. The normalized spacial score (nSPS) is 11.5. The minimum absolute atomic E-state index is 0.125. The lowest BCUT2D eigenvalue weighted by atomic mass is 10.4. The van der Waals surface area contributed by atoms with E-state index in [2.05, 4.69) is 4.98 Å². The van der Waals surface area contributed by atoms with Crippen LogP contribution in [0.3, 0.4) is 0 Å². The summed E-state index contributed by atoms with van der Waals surface area (Å²) in [7, 11) is 0. The van der Waals surface area contributed by atoms with Gasteiger partial charge in [0.2, 0.25) is 5.91 Å². The third kappa shape index (κ3) is 4.48. The van der Waals surface area contributed by atoms with E-state index in [1.165, 1.54) is 0 Å². The molecule has 0 fully saturated rings. The first-order chi connectivity index (χ1) is 6.90. The summed E-state index contributed by atoms with van der Waals surface area (Å²) in [6.07, 6.45) is -6.01. The molecular formula is C7H6ClF3N2OS. The van der Waals surface area contributed by atoms with Gasteiger partial charge < -0.3 is 5.32 Å². The Morgan fingerprint density at radius 3 is 2.73 bits per heavy atom. The molecule has 0 radical (unpaired) electrons. The van der Waals surface area contributed by atoms with E-state index in [0.717, 1.165) is 11.3 Å². The van der Waals surface area contributed by atoms with Crippen molar-refractivity contribution in [3.63, 3.8) is 0 Å². The largest absolute Gasteiger partial charge is 0.397 e. The molecule has 84 valence electrons. The first-order valence-corrected chi connectivity index (χ1v) is 5.19. The Labute approximate surface area is 92.3 Å². The second kappa shape index (κ2) is 4.80. The molecule has 3 nitrogen and oxygen atoms in total. The van der Waals surface area contributed by atoms with Crippen molar-refractivity contribution >= 4 is 34.0 Å². The van der Waals surface area contributed by atoms with Gasteiger partial charge in [-0.3, -0.25) is 4.79 Å². The van der Waals surface area contributed by atoms with Gasteiger partial charge in [-0.15, -0.1) is 22.9 Å². The van der Waals surface area contributed by atoms with Crippen LogP contribution in [-0.2, 0) is 10.7 Å². The van der Waals surface area contributed by atoms with Gasteiger partial charge in [-0.25, -0.2) is 4.98 Å². The summed E-state index contributed by atoms with van der Waals surface area (Å²) in [5.74, 6) is -0.969. The van der Waals surface area contributed by atoms with E-state index in [-0.39, 0.29) is 11.0 Å². The third-order valence-electron chi connectivity index (χ3n) is 1.30. The maximum absolute atomic E-state index is 11.8. The quantitative estimate of drug-likeness (QED) is 0.847. The van der Waals surface area contributed by atoms with Crippen LogP contribution < -0.4 is 5.32 Å². The maximum Gasteiger partial charge on any atom is 0.397 e. The Bertz CT molecular complexity index is 352. The van der Waals surface area contributed by atoms with Gasteiger partial charge in [0.05, 0.1) is 11.6 Å². The fraction of sp³-hybridized carbons (Fsp3) is 0.429. The van der Waals surface area contributed by atoms with Crippen molar-refractivity contribution in [2.75, 3.05) is 5.32 Å². The van der Waals surface area contributed by atoms with Crippen LogP contribution in [0.1, 0.15) is 12.1 Å². The lowest BCUT2D eigenvalue weighted by Gasteiger charge is -2.04. The number of thiazole rings is 1. The van der Waals surface area contributed by atoms with Gasteiger partial charge in [0.25, 0.3) is 0 Å². The molecule has 8 heteroatoms. The van der Waals surface area contributed by atoms with Gasteiger partial charge in [-0.2, -0.15) is 13.2 Å². The zero-order valence-electron chi connectivity index (χ0n) is 7.27. The predicted octanol–water partition coefficient (Wildman–Crippen LogP) is 2.77. The van der Waals surface area contributed by atoms with Gasteiger partial charge >= 0.3 is 6.18 Å². The number of aromatic nitrogens is 1. The van der Waals surface area contributed by atoms with E-state index in [9.17, 15) is 18.0 Å². The molecule has 1 rings (SSSR count). The highest BCUT2D eigenvalue weighted by molar-refractivity contribution is 7.13. The Hall–Kier alpha value is -0.820. The summed E-state index contributed by atoms with van der Waals surface area (Å²) in [4.78, 5) is 14.6. The zero-order chi connectivity index (χ0) is 11.5. The van der Waals surface area contributed by atoms with Gasteiger partial charge in [-0.05, 0) is 0 Å². The average Bonchev–Trinajstić information content (AvgIpc) is 2.48. The van der Waals surface area contributed by atoms with Crippen molar-refractivity contribution < 1.29 is 18.0 Å². The van der Waals surface area contributed by atoms with E-state index in [1.807, 2.05) is 5.32 Å². The van der Waals surface area contributed by atoms with Crippen LogP contribution in [-0.4, -0.2) is 17.1 Å². The van der Waals surface area contributed by atoms with Crippen LogP contribution in [0.25, 0.3) is 0 Å². The second-order valence-electron chi connectivity index (χ2n) is 2.62. The molecule has 0 spiro atoms. The van der Waals surface area contributed by atoms with Crippen LogP contribution in [0, 0.1) is 0 Å². The molecule has 15 heavy (non-hydrogen) atoms. The molecule has 0 unspecified atom stereocenters. The fourth-order valence-electron chi connectivity index (χ4n) is 0.771. The molecule has 1 aromatic heterocycles. The molecule has 0 aliphatic heterocycles. The number of halogens is 4. The molecule has 1 N–H and O–H groups in total. The monoisotopic (exact) mass is 258 g/mol. The standard InChI is InChI=1S/C7H6ClF3N2OS/c8-2-4-3-15-6(12-4)13-5(14)1-7(9,10)11/h3H,1-2H2,(H,12,13,14). The molecule has 0 atom stereocenters. The zero-order valence-corrected chi connectivity index (χ0v) is 8.84. The smallest absolute Gasteiger partial charge is 0.302 e. The number of anilines is 1. The summed E-state index contributed by atoms with van der Waals surface area (Å²) < 4.78 is 35.3. The highest BCUT2D eigenvalue weighted by Gasteiger charge is 2.31. The Morgan fingerprint density at radius 2 is 2.27 bits per heavy atom. The van der Waals surface area contributed by atoms with Crippen LogP contribution in [0.15, 0.2) is 5.38 Å². The summed E-state index contributed by atoms with van der Waals surface area (Å²) in [6, 6.07) is 0. The Kier molecular flexibility index (Phi) is 3.92. The maximum atomic E-state index is 11.8. The number of amides is 1. The molecular weight excluding hydrogens is 253 g/mol. The first kappa shape index (κ1) is 12.3. The van der Waals surface area contributed by atoms with Crippen molar-refractivity contribution in [2.45, 2.75) is 18.5 Å². The molecule has 0 bridgehead atoms. The topological polar surface area (TPSA) is 42.0 Å². The molecule has 0 aliphatic rings. The molecule has 1 heterocycles. The highest BCUT2D eigenvalue weighted by Crippen LogP contribution is 2.22. The molecule has 1 amide bonds. The predicted molar refractivity (Wildman–Crippen MR) is 51.0 cm³/mol. The van der Waals surface area contributed by atoms with E-state index in [1.54, 1.807) is 5.38 Å². The van der Waals surface area contributed by atoms with Crippen LogP contribution >= 0.6 is 22.9 Å². The van der Waals surface area contributed by atoms with Gasteiger partial charge in [-0.1, -0.05) is 0 Å². The van der Waals surface area contributed by atoms with Gasteiger partial charge in [0.1, 0.15) is 6.42 Å². The number of nitrogens with one attached hydrogen (secondary N) is 1. The van der Waals surface area contributed by atoms with Crippen molar-refractivity contribution in [2.24, 2.45) is 0 Å². The van der Waals surface area contributed by atoms with Crippen molar-refractivity contribution in [1.29, 1.82) is 0 Å². The number of rotatable bonds is 3. The lowest BCUT2D eigenvalue weighted by molar-refractivity contribution is -0.150. The van der Waals surface area contributed by atoms with Crippen molar-refractivity contribution in [3.8, 4) is 0 Å². The minimum Gasteiger partial charge on any atom is -0.302 e. The van der Waals surface area contributed by atoms with Crippen molar-refractivity contribution in [3.05, 3.63) is 11.1 Å². The lowest BCUT2D eigenvalue weighted by Crippen LogP contribution is -2.21. The van der Waals surface area contributed by atoms with Crippen LogP contribution in [0.2, 0.25) is 0 Å². The van der Waals surface area contributed by atoms with Crippen LogP contribution in [0.4, 0.5) is 18.3 Å². The fourth-order valence-corrected chi connectivity index (χ4v) is 1.73. The van der Waals surface area contributed by atoms with Gasteiger partial charge in [0.15, 0.2) is 5.13 Å². The number of nitrogens with zero attached hydrogens (tertiary/aromatic N) is 1. The Balaban J connectivity index is 2.51. The van der Waals surface area contributed by atoms with Crippen molar-refractivity contribution in [1.82, 2.24) is 4.98 Å². The minimum atomic E-state index is -4.50. The van der Waals surface area contributed by atoms with E-state index < -0.39 is 18.5 Å². The first-order valence-electron chi connectivity index (χ1n) is 3.77. The number of carbonyl (C=O) groups is 1. The summed E-state index contributed by atoms with van der Waals surface area (Å²) >= 11 is 6.47. The number of carbonyl (C=O) groups excluding carboxylic acids is 1. The number of hydrogen-bond donors (Lipinski definition) is 1. The second-order valence-corrected chi connectivity index (χ2v) is 3.74. The third-order valence-corrected chi connectivity index (χ3v) is 2.38. The summed E-state index contributed by atoms with van der Waals surface area (Å²) in [6.45, 7) is 0. The molecule has 1 aromatic rings. The highest BCUT2D eigenvalue weighted by atomic mass is 35.5. The van der Waals surface area contributed by atoms with Crippen LogP contribution in [0.5, 0.6) is 0 Å². The van der Waals surface area contributed by atoms with E-state index >= 15 is 0 Å². The summed E-state index contributed by atoms with van der Waals surface area (Å²) in [5.41, 5.74) is 0.518. The molecule has 0 saturated heterocycles. The molecule has 0 saturated carbocycles. The number of alkyl halides is 4. The number of hydrogen-bond acceptors (Lipinski definition) is 3. The van der Waals surface area contributed by atoms with E-state index in [4.69, 9.17) is 11.6 Å². The average molecular weight is 259 g/mol. The SMILES string of the molecule is O=C(CC(F)(F)F)Nc1nc(CCl)cs1.